The standard InChI is InChI=1S/C12H10F3NO/c1-17-10-3-2-8(11(7-16)4-5-11)6-9(10)12(13,14)15/h2-3,6H,4-5H2,1H3. The number of nitrogens with zero attached hydrogens (tertiary/aromatic N) is 1. The zero-order chi connectivity index (χ0) is 12.7. The second-order valence-electron chi connectivity index (χ2n) is 4.11. The largest absolute Gasteiger partial charge is 0.496 e. The van der Waals surface area contributed by atoms with Crippen molar-refractivity contribution in [1.82, 2.24) is 0 Å². The minimum atomic E-state index is -4.47. The van der Waals surface area contributed by atoms with Crippen molar-refractivity contribution in [2.75, 3.05) is 7.11 Å². The Hall–Kier alpha value is -1.70. The lowest BCUT2D eigenvalue weighted by molar-refractivity contribution is -0.138. The van der Waals surface area contributed by atoms with Crippen LogP contribution in [0.2, 0.25) is 0 Å². The third-order valence-corrected chi connectivity index (χ3v) is 3.02. The fraction of sp³-hybridized carbons (Fsp3) is 0.417. The van der Waals surface area contributed by atoms with Gasteiger partial charge in [0, 0.05) is 0 Å². The molecule has 90 valence electrons. The maximum atomic E-state index is 12.8. The van der Waals surface area contributed by atoms with Crippen molar-refractivity contribution in [2.45, 2.75) is 24.4 Å². The van der Waals surface area contributed by atoms with Crippen molar-refractivity contribution in [3.05, 3.63) is 29.3 Å². The molecule has 0 heterocycles. The van der Waals surface area contributed by atoms with Crippen LogP contribution in [0.3, 0.4) is 0 Å². The van der Waals surface area contributed by atoms with Gasteiger partial charge < -0.3 is 4.74 Å². The van der Waals surface area contributed by atoms with E-state index in [1.54, 1.807) is 0 Å². The highest BCUT2D eigenvalue weighted by molar-refractivity contribution is 5.46. The van der Waals surface area contributed by atoms with Gasteiger partial charge in [-0.05, 0) is 30.5 Å². The van der Waals surface area contributed by atoms with Crippen molar-refractivity contribution < 1.29 is 17.9 Å². The topological polar surface area (TPSA) is 33.0 Å². The van der Waals surface area contributed by atoms with E-state index >= 15 is 0 Å². The van der Waals surface area contributed by atoms with E-state index in [-0.39, 0.29) is 5.75 Å². The first kappa shape index (κ1) is 11.8. The molecule has 1 fully saturated rings. The molecule has 2 rings (SSSR count). The van der Waals surface area contributed by atoms with Crippen LogP contribution in [0.1, 0.15) is 24.0 Å². The molecule has 1 aliphatic carbocycles. The smallest absolute Gasteiger partial charge is 0.419 e. The summed E-state index contributed by atoms with van der Waals surface area (Å²) in [5, 5.41) is 8.97. The third kappa shape index (κ3) is 1.95. The lowest BCUT2D eigenvalue weighted by Gasteiger charge is -2.15. The van der Waals surface area contributed by atoms with Gasteiger partial charge in [0.25, 0.3) is 0 Å². The van der Waals surface area contributed by atoms with E-state index in [4.69, 9.17) is 10.00 Å². The lowest BCUT2D eigenvalue weighted by atomic mass is 9.95. The number of hydrogen-bond acceptors (Lipinski definition) is 2. The first-order valence-corrected chi connectivity index (χ1v) is 5.10. The van der Waals surface area contributed by atoms with Crippen LogP contribution < -0.4 is 4.74 Å². The number of alkyl halides is 3. The molecule has 0 saturated heterocycles. The molecule has 1 saturated carbocycles. The van der Waals surface area contributed by atoms with Gasteiger partial charge in [-0.15, -0.1) is 0 Å². The first-order valence-electron chi connectivity index (χ1n) is 5.10. The van der Waals surface area contributed by atoms with Gasteiger partial charge in [-0.25, -0.2) is 0 Å². The summed E-state index contributed by atoms with van der Waals surface area (Å²) in [7, 11) is 1.20. The summed E-state index contributed by atoms with van der Waals surface area (Å²) in [4.78, 5) is 0. The summed E-state index contributed by atoms with van der Waals surface area (Å²) in [5.41, 5.74) is -1.11. The Bertz CT molecular complexity index is 484. The maximum Gasteiger partial charge on any atom is 0.419 e. The molecule has 1 aliphatic rings. The summed E-state index contributed by atoms with van der Waals surface area (Å²) in [6, 6.07) is 5.90. The van der Waals surface area contributed by atoms with Gasteiger partial charge in [0.2, 0.25) is 0 Å². The van der Waals surface area contributed by atoms with Crippen LogP contribution in [0, 0.1) is 11.3 Å². The Balaban J connectivity index is 2.50. The second-order valence-corrected chi connectivity index (χ2v) is 4.11. The molecule has 1 aromatic carbocycles. The fourth-order valence-corrected chi connectivity index (χ4v) is 1.82. The molecule has 5 heteroatoms. The minimum absolute atomic E-state index is 0.213. The van der Waals surface area contributed by atoms with Crippen molar-refractivity contribution in [2.24, 2.45) is 0 Å². The number of nitriles is 1. The maximum absolute atomic E-state index is 12.8. The van der Waals surface area contributed by atoms with E-state index in [2.05, 4.69) is 6.07 Å². The first-order chi connectivity index (χ1) is 7.93. The van der Waals surface area contributed by atoms with Crippen molar-refractivity contribution in [3.8, 4) is 11.8 Å². The number of rotatable bonds is 2. The third-order valence-electron chi connectivity index (χ3n) is 3.02. The number of hydrogen-bond donors (Lipinski definition) is 0. The van der Waals surface area contributed by atoms with Crippen LogP contribution >= 0.6 is 0 Å². The number of halogens is 3. The van der Waals surface area contributed by atoms with Gasteiger partial charge in [-0.2, -0.15) is 18.4 Å². The van der Waals surface area contributed by atoms with E-state index in [9.17, 15) is 13.2 Å². The van der Waals surface area contributed by atoms with Crippen LogP contribution in [0.4, 0.5) is 13.2 Å². The molecular weight excluding hydrogens is 231 g/mol. The Morgan fingerprint density at radius 1 is 1.35 bits per heavy atom. The van der Waals surface area contributed by atoms with Gasteiger partial charge in [0.05, 0.1) is 24.2 Å². The van der Waals surface area contributed by atoms with E-state index in [1.807, 2.05) is 0 Å². The van der Waals surface area contributed by atoms with E-state index in [1.165, 1.54) is 19.2 Å². The SMILES string of the molecule is COc1ccc(C2(C#N)CC2)cc1C(F)(F)F. The minimum Gasteiger partial charge on any atom is -0.496 e. The summed E-state index contributed by atoms with van der Waals surface area (Å²) < 4.78 is 43.0. The molecule has 0 aliphatic heterocycles. The van der Waals surface area contributed by atoms with Gasteiger partial charge >= 0.3 is 6.18 Å². The van der Waals surface area contributed by atoms with Crippen LogP contribution in [-0.2, 0) is 11.6 Å². The Labute approximate surface area is 96.6 Å². The zero-order valence-corrected chi connectivity index (χ0v) is 9.14. The molecule has 0 aromatic heterocycles. The summed E-state index contributed by atoms with van der Waals surface area (Å²) in [5.74, 6) is -0.213. The Morgan fingerprint density at radius 2 is 2.00 bits per heavy atom. The monoisotopic (exact) mass is 241 g/mol. The Kier molecular flexibility index (Phi) is 2.53. The number of benzene rings is 1. The average molecular weight is 241 g/mol. The summed E-state index contributed by atoms with van der Waals surface area (Å²) in [6.45, 7) is 0. The number of methoxy groups -OCH3 is 1. The molecule has 0 spiro atoms. The van der Waals surface area contributed by atoms with Crippen molar-refractivity contribution in [1.29, 1.82) is 5.26 Å². The van der Waals surface area contributed by atoms with E-state index in [0.717, 1.165) is 6.07 Å². The highest BCUT2D eigenvalue weighted by Crippen LogP contribution is 2.49. The summed E-state index contributed by atoms with van der Waals surface area (Å²) in [6.07, 6.45) is -3.23. The molecule has 0 unspecified atom stereocenters. The fourth-order valence-electron chi connectivity index (χ4n) is 1.82. The van der Waals surface area contributed by atoms with Crippen molar-refractivity contribution >= 4 is 0 Å². The zero-order valence-electron chi connectivity index (χ0n) is 9.14. The second kappa shape index (κ2) is 3.66. The average Bonchev–Trinajstić information content (AvgIpc) is 3.08. The Morgan fingerprint density at radius 3 is 2.41 bits per heavy atom. The highest BCUT2D eigenvalue weighted by Gasteiger charge is 2.46. The molecule has 0 amide bonds. The van der Waals surface area contributed by atoms with Crippen LogP contribution in [0.25, 0.3) is 0 Å². The molecule has 0 atom stereocenters. The van der Waals surface area contributed by atoms with Crippen LogP contribution in [0.5, 0.6) is 5.75 Å². The molecule has 0 N–H and O–H groups in total. The van der Waals surface area contributed by atoms with Gasteiger partial charge in [0.15, 0.2) is 0 Å². The lowest BCUT2D eigenvalue weighted by Crippen LogP contribution is -2.11. The molecule has 0 radical (unpaired) electrons. The van der Waals surface area contributed by atoms with Gasteiger partial charge in [-0.3, -0.25) is 0 Å². The predicted molar refractivity (Wildman–Crippen MR) is 54.5 cm³/mol. The van der Waals surface area contributed by atoms with Gasteiger partial charge in [0.1, 0.15) is 5.75 Å². The van der Waals surface area contributed by atoms with Crippen LogP contribution in [-0.4, -0.2) is 7.11 Å². The normalized spacial score (nSPS) is 17.4. The quantitative estimate of drug-likeness (QED) is 0.796. The summed E-state index contributed by atoms with van der Waals surface area (Å²) >= 11 is 0. The highest BCUT2D eigenvalue weighted by atomic mass is 19.4. The van der Waals surface area contributed by atoms with E-state index < -0.39 is 17.2 Å². The molecule has 0 bridgehead atoms. The molecule has 1 aromatic rings. The number of ether oxygens (including phenoxy) is 1. The molecule has 17 heavy (non-hydrogen) atoms. The molecule has 2 nitrogen and oxygen atoms in total. The van der Waals surface area contributed by atoms with Gasteiger partial charge in [-0.1, -0.05) is 6.07 Å². The van der Waals surface area contributed by atoms with E-state index in [0.29, 0.717) is 18.4 Å². The molecular formula is C12H10F3NO. The predicted octanol–water partition coefficient (Wildman–Crippen LogP) is 3.27. The van der Waals surface area contributed by atoms with Crippen LogP contribution in [0.15, 0.2) is 18.2 Å². The van der Waals surface area contributed by atoms with Crippen molar-refractivity contribution in [3.63, 3.8) is 0 Å².